The highest BCUT2D eigenvalue weighted by atomic mass is 32.2. The van der Waals surface area contributed by atoms with E-state index in [1.165, 1.54) is 18.2 Å². The molecule has 168 valence electrons. The van der Waals surface area contributed by atoms with Crippen molar-refractivity contribution in [2.75, 3.05) is 23.7 Å². The molecule has 1 amide bonds. The average molecular weight is 452 g/mol. The maximum absolute atomic E-state index is 11.6. The maximum Gasteiger partial charge on any atom is 0.224 e. The number of likely N-dealkylation sites (tertiary alicyclic amines) is 1. The standard InChI is InChI=1S/C23H29N7OS/c1-5-21(31)24-16-7-9-17(10-8-16)32-22-25-18(23(3,4)30-11-6-12-30)14-19(27-22)26-20-13-15(2)28-29-20/h7-10,13-14H,5-6,11-12H2,1-4H3,(H,24,31)(H2,25,26,27,28,29). The molecule has 0 atom stereocenters. The molecule has 8 nitrogen and oxygen atoms in total. The van der Waals surface area contributed by atoms with Crippen molar-refractivity contribution in [1.82, 2.24) is 25.1 Å². The van der Waals surface area contributed by atoms with Crippen LogP contribution in [0.15, 0.2) is 46.5 Å². The monoisotopic (exact) mass is 451 g/mol. The fourth-order valence-corrected chi connectivity index (χ4v) is 4.23. The van der Waals surface area contributed by atoms with E-state index < -0.39 is 0 Å². The van der Waals surface area contributed by atoms with Crippen LogP contribution in [0.4, 0.5) is 17.3 Å². The SMILES string of the molecule is CCC(=O)Nc1ccc(Sc2nc(Nc3cc(C)[nH]n3)cc(C(C)(C)N3CCC3)n2)cc1. The van der Waals surface area contributed by atoms with Crippen LogP contribution in [0.2, 0.25) is 0 Å². The lowest BCUT2D eigenvalue weighted by atomic mass is 9.94. The number of carbonyl (C=O) groups excluding carboxylic acids is 1. The number of nitrogens with zero attached hydrogens (tertiary/aromatic N) is 4. The van der Waals surface area contributed by atoms with Crippen molar-refractivity contribution >= 4 is 35.0 Å². The minimum Gasteiger partial charge on any atom is -0.326 e. The van der Waals surface area contributed by atoms with E-state index in [1.54, 1.807) is 0 Å². The number of carbonyl (C=O) groups is 1. The summed E-state index contributed by atoms with van der Waals surface area (Å²) in [5, 5.41) is 14.1. The summed E-state index contributed by atoms with van der Waals surface area (Å²) in [6.45, 7) is 10.4. The lowest BCUT2D eigenvalue weighted by Gasteiger charge is -2.44. The second-order valence-electron chi connectivity index (χ2n) is 8.41. The summed E-state index contributed by atoms with van der Waals surface area (Å²) in [7, 11) is 0. The Kier molecular flexibility index (Phi) is 6.48. The molecule has 0 spiro atoms. The number of rotatable bonds is 8. The highest BCUT2D eigenvalue weighted by Crippen LogP contribution is 2.34. The molecular weight excluding hydrogens is 422 g/mol. The summed E-state index contributed by atoms with van der Waals surface area (Å²) in [4.78, 5) is 24.7. The van der Waals surface area contributed by atoms with Crippen LogP contribution in [0.25, 0.3) is 0 Å². The van der Waals surface area contributed by atoms with Crippen molar-refractivity contribution in [2.45, 2.75) is 56.1 Å². The summed E-state index contributed by atoms with van der Waals surface area (Å²) in [6.07, 6.45) is 1.67. The van der Waals surface area contributed by atoms with Crippen LogP contribution in [0.1, 0.15) is 45.0 Å². The molecule has 1 aromatic carbocycles. The number of nitrogens with one attached hydrogen (secondary N) is 3. The van der Waals surface area contributed by atoms with Crippen LogP contribution < -0.4 is 10.6 Å². The van der Waals surface area contributed by atoms with E-state index in [-0.39, 0.29) is 11.4 Å². The minimum atomic E-state index is -0.192. The van der Waals surface area contributed by atoms with Gasteiger partial charge < -0.3 is 10.6 Å². The Morgan fingerprint density at radius 2 is 1.91 bits per heavy atom. The zero-order valence-electron chi connectivity index (χ0n) is 18.9. The number of benzene rings is 1. The summed E-state index contributed by atoms with van der Waals surface area (Å²) in [6, 6.07) is 11.7. The Morgan fingerprint density at radius 3 is 2.50 bits per heavy atom. The van der Waals surface area contributed by atoms with Gasteiger partial charge in [-0.2, -0.15) is 5.10 Å². The van der Waals surface area contributed by atoms with E-state index in [4.69, 9.17) is 9.97 Å². The number of amides is 1. The fourth-order valence-electron chi connectivity index (χ4n) is 3.46. The average Bonchev–Trinajstić information content (AvgIpc) is 3.12. The number of aromatic amines is 1. The second kappa shape index (κ2) is 9.30. The molecule has 0 bridgehead atoms. The van der Waals surface area contributed by atoms with Gasteiger partial charge in [0.1, 0.15) is 5.82 Å². The minimum absolute atomic E-state index is 0.000942. The van der Waals surface area contributed by atoms with Crippen LogP contribution in [0.5, 0.6) is 0 Å². The first-order chi connectivity index (χ1) is 15.3. The van der Waals surface area contributed by atoms with Gasteiger partial charge in [-0.05, 0) is 63.2 Å². The molecule has 0 saturated carbocycles. The summed E-state index contributed by atoms with van der Waals surface area (Å²) < 4.78 is 0. The largest absolute Gasteiger partial charge is 0.326 e. The summed E-state index contributed by atoms with van der Waals surface area (Å²) >= 11 is 1.50. The molecule has 2 aromatic heterocycles. The number of aromatic nitrogens is 4. The molecule has 1 aliphatic heterocycles. The second-order valence-corrected chi connectivity index (χ2v) is 9.45. The fraction of sp³-hybridized carbons (Fsp3) is 0.391. The predicted octanol–water partition coefficient (Wildman–Crippen LogP) is 4.69. The van der Waals surface area contributed by atoms with Crippen molar-refractivity contribution in [1.29, 1.82) is 0 Å². The Morgan fingerprint density at radius 1 is 1.16 bits per heavy atom. The molecule has 1 saturated heterocycles. The molecule has 1 aliphatic rings. The Labute approximate surface area is 192 Å². The molecule has 0 radical (unpaired) electrons. The van der Waals surface area contributed by atoms with Gasteiger partial charge in [0.25, 0.3) is 0 Å². The predicted molar refractivity (Wildman–Crippen MR) is 127 cm³/mol. The van der Waals surface area contributed by atoms with Crippen LogP contribution >= 0.6 is 11.8 Å². The topological polar surface area (TPSA) is 98.8 Å². The molecule has 32 heavy (non-hydrogen) atoms. The molecule has 3 N–H and O–H groups in total. The van der Waals surface area contributed by atoms with E-state index in [0.29, 0.717) is 17.4 Å². The van der Waals surface area contributed by atoms with Crippen LogP contribution in [0, 0.1) is 6.92 Å². The van der Waals surface area contributed by atoms with Crippen molar-refractivity contribution < 1.29 is 4.79 Å². The van der Waals surface area contributed by atoms with Crippen molar-refractivity contribution in [3.8, 4) is 0 Å². The third kappa shape index (κ3) is 5.11. The van der Waals surface area contributed by atoms with Gasteiger partial charge in [-0.3, -0.25) is 14.8 Å². The van der Waals surface area contributed by atoms with Gasteiger partial charge in [0.15, 0.2) is 11.0 Å². The Bertz CT molecular complexity index is 1090. The van der Waals surface area contributed by atoms with E-state index >= 15 is 0 Å². The highest BCUT2D eigenvalue weighted by Gasteiger charge is 2.34. The zero-order valence-corrected chi connectivity index (χ0v) is 19.7. The Hall–Kier alpha value is -2.91. The first-order valence-electron chi connectivity index (χ1n) is 10.8. The number of H-pyrrole nitrogens is 1. The molecule has 3 heterocycles. The van der Waals surface area contributed by atoms with Crippen molar-refractivity contribution in [3.63, 3.8) is 0 Å². The number of anilines is 3. The number of hydrogen-bond acceptors (Lipinski definition) is 7. The van der Waals surface area contributed by atoms with Crippen molar-refractivity contribution in [2.24, 2.45) is 0 Å². The normalized spacial score (nSPS) is 14.1. The van der Waals surface area contributed by atoms with E-state index in [2.05, 4.69) is 39.6 Å². The van der Waals surface area contributed by atoms with Gasteiger partial charge in [0.2, 0.25) is 5.91 Å². The summed E-state index contributed by atoms with van der Waals surface area (Å²) in [5.41, 5.74) is 2.54. The molecule has 1 fully saturated rings. The van der Waals surface area contributed by atoms with E-state index in [1.807, 2.05) is 50.2 Å². The van der Waals surface area contributed by atoms with Crippen LogP contribution in [0.3, 0.4) is 0 Å². The number of hydrogen-bond donors (Lipinski definition) is 3. The van der Waals surface area contributed by atoms with Gasteiger partial charge in [-0.15, -0.1) is 0 Å². The first-order valence-corrected chi connectivity index (χ1v) is 11.7. The zero-order chi connectivity index (χ0) is 22.7. The first kappa shape index (κ1) is 22.3. The quantitative estimate of drug-likeness (QED) is 0.427. The molecular formula is C23H29N7OS. The highest BCUT2D eigenvalue weighted by molar-refractivity contribution is 7.99. The molecule has 0 aliphatic carbocycles. The molecule has 0 unspecified atom stereocenters. The lowest BCUT2D eigenvalue weighted by Crippen LogP contribution is -2.50. The third-order valence-electron chi connectivity index (χ3n) is 5.61. The van der Waals surface area contributed by atoms with Gasteiger partial charge >= 0.3 is 0 Å². The molecule has 9 heteroatoms. The Balaban J connectivity index is 1.60. The summed E-state index contributed by atoms with van der Waals surface area (Å²) in [5.74, 6) is 1.43. The number of aryl methyl sites for hydroxylation is 1. The van der Waals surface area contributed by atoms with E-state index in [9.17, 15) is 4.79 Å². The molecule has 3 aromatic rings. The maximum atomic E-state index is 11.6. The lowest BCUT2D eigenvalue weighted by molar-refractivity contribution is -0.115. The molecule has 4 rings (SSSR count). The van der Waals surface area contributed by atoms with Crippen molar-refractivity contribution in [3.05, 3.63) is 47.8 Å². The van der Waals surface area contributed by atoms with Gasteiger partial charge in [-0.25, -0.2) is 9.97 Å². The van der Waals surface area contributed by atoms with E-state index in [0.717, 1.165) is 40.9 Å². The van der Waals surface area contributed by atoms with Gasteiger partial charge in [-0.1, -0.05) is 6.92 Å². The third-order valence-corrected chi connectivity index (χ3v) is 6.48. The van der Waals surface area contributed by atoms with Gasteiger partial charge in [0.05, 0.1) is 11.2 Å². The smallest absolute Gasteiger partial charge is 0.224 e. The van der Waals surface area contributed by atoms with Crippen LogP contribution in [-0.2, 0) is 10.3 Å². The van der Waals surface area contributed by atoms with Crippen LogP contribution in [-0.4, -0.2) is 44.1 Å². The van der Waals surface area contributed by atoms with Gasteiger partial charge in [0, 0.05) is 47.9 Å².